The Kier molecular flexibility index (Phi) is 3.64. The van der Waals surface area contributed by atoms with Gasteiger partial charge in [-0.15, -0.1) is 0 Å². The van der Waals surface area contributed by atoms with Gasteiger partial charge >= 0.3 is 0 Å². The molecule has 18 heavy (non-hydrogen) atoms. The van der Waals surface area contributed by atoms with Crippen LogP contribution in [0.4, 0.5) is 0 Å². The summed E-state index contributed by atoms with van der Waals surface area (Å²) in [6.07, 6.45) is 11.4. The van der Waals surface area contributed by atoms with Crippen molar-refractivity contribution in [1.29, 1.82) is 0 Å². The fraction of sp³-hybridized carbons (Fsp3) is 0.688. The summed E-state index contributed by atoms with van der Waals surface area (Å²) in [4.78, 5) is 4.72. The van der Waals surface area contributed by atoms with Gasteiger partial charge in [-0.3, -0.25) is 4.98 Å². The molecule has 2 nitrogen and oxygen atoms in total. The lowest BCUT2D eigenvalue weighted by Crippen LogP contribution is -2.40. The molecule has 0 saturated heterocycles. The van der Waals surface area contributed by atoms with Crippen LogP contribution >= 0.6 is 0 Å². The highest BCUT2D eigenvalue weighted by Gasteiger charge is 2.34. The van der Waals surface area contributed by atoms with Crippen LogP contribution in [-0.4, -0.2) is 18.1 Å². The van der Waals surface area contributed by atoms with Crippen LogP contribution in [-0.2, 0) is 6.42 Å². The Hall–Kier alpha value is -0.890. The van der Waals surface area contributed by atoms with Crippen molar-refractivity contribution in [2.75, 3.05) is 7.05 Å². The first-order valence-electron chi connectivity index (χ1n) is 7.51. The van der Waals surface area contributed by atoms with Crippen molar-refractivity contribution in [3.05, 3.63) is 29.6 Å². The lowest BCUT2D eigenvalue weighted by atomic mass is 9.70. The van der Waals surface area contributed by atoms with Gasteiger partial charge in [0.05, 0.1) is 0 Å². The van der Waals surface area contributed by atoms with E-state index in [2.05, 4.69) is 24.5 Å². The molecule has 3 rings (SSSR count). The van der Waals surface area contributed by atoms with Crippen molar-refractivity contribution < 1.29 is 0 Å². The van der Waals surface area contributed by atoms with E-state index < -0.39 is 0 Å². The molecule has 2 heteroatoms. The molecule has 3 unspecified atom stereocenters. The van der Waals surface area contributed by atoms with Crippen LogP contribution in [0.15, 0.2) is 18.3 Å². The van der Waals surface area contributed by atoms with Crippen LogP contribution in [0.5, 0.6) is 0 Å². The monoisotopic (exact) mass is 244 g/mol. The Morgan fingerprint density at radius 1 is 1.17 bits per heavy atom. The van der Waals surface area contributed by atoms with E-state index >= 15 is 0 Å². The number of hydrogen-bond acceptors (Lipinski definition) is 2. The molecule has 1 aromatic rings. The van der Waals surface area contributed by atoms with Crippen molar-refractivity contribution >= 4 is 0 Å². The van der Waals surface area contributed by atoms with Gasteiger partial charge in [0.2, 0.25) is 0 Å². The Bertz CT molecular complexity index is 402. The van der Waals surface area contributed by atoms with Crippen LogP contribution in [0.3, 0.4) is 0 Å². The number of rotatable bonds is 2. The molecule has 1 N–H and O–H groups in total. The lowest BCUT2D eigenvalue weighted by molar-refractivity contribution is 0.218. The number of nitrogens with zero attached hydrogens (tertiary/aromatic N) is 1. The zero-order valence-corrected chi connectivity index (χ0v) is 11.4. The summed E-state index contributed by atoms with van der Waals surface area (Å²) in [5.74, 6) is 1.50. The second-order valence-corrected chi connectivity index (χ2v) is 5.89. The minimum Gasteiger partial charge on any atom is -0.317 e. The van der Waals surface area contributed by atoms with Crippen molar-refractivity contribution in [3.8, 4) is 0 Å². The van der Waals surface area contributed by atoms with Gasteiger partial charge < -0.3 is 5.32 Å². The SMILES string of the molecule is CNC1CCCCC1C1CCCc2cccnc21. The minimum absolute atomic E-state index is 0.702. The van der Waals surface area contributed by atoms with Crippen molar-refractivity contribution in [2.45, 2.75) is 56.9 Å². The average molecular weight is 244 g/mol. The first-order chi connectivity index (χ1) is 8.90. The fourth-order valence-corrected chi connectivity index (χ4v) is 4.06. The molecule has 1 aromatic heterocycles. The quantitative estimate of drug-likeness (QED) is 0.863. The van der Waals surface area contributed by atoms with Gasteiger partial charge in [-0.05, 0) is 56.7 Å². The van der Waals surface area contributed by atoms with Gasteiger partial charge in [0, 0.05) is 23.9 Å². The van der Waals surface area contributed by atoms with Crippen LogP contribution < -0.4 is 5.32 Å². The molecule has 2 aliphatic rings. The van der Waals surface area contributed by atoms with Crippen molar-refractivity contribution in [1.82, 2.24) is 10.3 Å². The second-order valence-electron chi connectivity index (χ2n) is 5.89. The van der Waals surface area contributed by atoms with E-state index in [-0.39, 0.29) is 0 Å². The molecule has 0 aromatic carbocycles. The van der Waals surface area contributed by atoms with Crippen molar-refractivity contribution in [2.24, 2.45) is 5.92 Å². The van der Waals surface area contributed by atoms with Crippen LogP contribution in [0, 0.1) is 5.92 Å². The highest BCUT2D eigenvalue weighted by Crippen LogP contribution is 2.42. The summed E-state index contributed by atoms with van der Waals surface area (Å²) >= 11 is 0. The summed E-state index contributed by atoms with van der Waals surface area (Å²) < 4.78 is 0. The van der Waals surface area contributed by atoms with Gasteiger partial charge in [0.15, 0.2) is 0 Å². The zero-order valence-electron chi connectivity index (χ0n) is 11.4. The summed E-state index contributed by atoms with van der Waals surface area (Å²) in [6.45, 7) is 0. The van der Waals surface area contributed by atoms with Gasteiger partial charge in [0.25, 0.3) is 0 Å². The highest BCUT2D eigenvalue weighted by molar-refractivity contribution is 5.27. The second kappa shape index (κ2) is 5.40. The topological polar surface area (TPSA) is 24.9 Å². The van der Waals surface area contributed by atoms with E-state index in [4.69, 9.17) is 4.98 Å². The van der Waals surface area contributed by atoms with Gasteiger partial charge in [0.1, 0.15) is 0 Å². The summed E-state index contributed by atoms with van der Waals surface area (Å²) in [6, 6.07) is 5.08. The molecule has 1 fully saturated rings. The van der Waals surface area contributed by atoms with Gasteiger partial charge in [-0.25, -0.2) is 0 Å². The number of aromatic nitrogens is 1. The van der Waals surface area contributed by atoms with E-state index in [9.17, 15) is 0 Å². The summed E-state index contributed by atoms with van der Waals surface area (Å²) in [7, 11) is 2.13. The maximum absolute atomic E-state index is 4.72. The summed E-state index contributed by atoms with van der Waals surface area (Å²) in [5, 5.41) is 3.55. The lowest BCUT2D eigenvalue weighted by Gasteiger charge is -2.39. The molecular formula is C16H24N2. The van der Waals surface area contributed by atoms with E-state index in [0.29, 0.717) is 12.0 Å². The van der Waals surface area contributed by atoms with Gasteiger partial charge in [-0.2, -0.15) is 0 Å². The molecule has 98 valence electrons. The number of hydrogen-bond donors (Lipinski definition) is 1. The van der Waals surface area contributed by atoms with Crippen LogP contribution in [0.2, 0.25) is 0 Å². The van der Waals surface area contributed by atoms with E-state index in [1.165, 1.54) is 56.2 Å². The predicted octanol–water partition coefficient (Wildman–Crippen LogP) is 3.28. The first kappa shape index (κ1) is 12.2. The van der Waals surface area contributed by atoms with E-state index in [0.717, 1.165) is 5.92 Å². The third kappa shape index (κ3) is 2.18. The summed E-state index contributed by atoms with van der Waals surface area (Å²) in [5.41, 5.74) is 2.92. The predicted molar refractivity (Wildman–Crippen MR) is 74.7 cm³/mol. The third-order valence-electron chi connectivity index (χ3n) is 4.95. The largest absolute Gasteiger partial charge is 0.317 e. The van der Waals surface area contributed by atoms with Crippen molar-refractivity contribution in [3.63, 3.8) is 0 Å². The number of nitrogens with one attached hydrogen (secondary N) is 1. The average Bonchev–Trinajstić information content (AvgIpc) is 2.46. The maximum Gasteiger partial charge on any atom is 0.0469 e. The number of pyridine rings is 1. The third-order valence-corrected chi connectivity index (χ3v) is 4.95. The normalized spacial score (nSPS) is 31.9. The highest BCUT2D eigenvalue weighted by atomic mass is 14.9. The van der Waals surface area contributed by atoms with E-state index in [1.54, 1.807) is 0 Å². The first-order valence-corrected chi connectivity index (χ1v) is 7.51. The Labute approximate surface area is 110 Å². The molecule has 0 spiro atoms. The Balaban J connectivity index is 1.88. The van der Waals surface area contributed by atoms with Gasteiger partial charge in [-0.1, -0.05) is 18.9 Å². The molecule has 0 radical (unpaired) electrons. The Morgan fingerprint density at radius 3 is 2.94 bits per heavy atom. The number of fused-ring (bicyclic) bond motifs is 1. The molecule has 3 atom stereocenters. The molecular weight excluding hydrogens is 220 g/mol. The van der Waals surface area contributed by atoms with E-state index in [1.807, 2.05) is 6.20 Å². The maximum atomic E-state index is 4.72. The smallest absolute Gasteiger partial charge is 0.0469 e. The molecule has 2 aliphatic carbocycles. The zero-order chi connectivity index (χ0) is 12.4. The molecule has 1 saturated carbocycles. The molecule has 0 aliphatic heterocycles. The standard InChI is InChI=1S/C16H24N2/c1-17-15-10-3-2-8-13(15)14-9-4-6-12-7-5-11-18-16(12)14/h5,7,11,13-15,17H,2-4,6,8-10H2,1H3. The number of aryl methyl sites for hydroxylation is 1. The Morgan fingerprint density at radius 2 is 2.06 bits per heavy atom. The fourth-order valence-electron chi connectivity index (χ4n) is 4.06. The molecule has 0 amide bonds. The van der Waals surface area contributed by atoms with Crippen LogP contribution in [0.25, 0.3) is 0 Å². The molecule has 1 heterocycles. The minimum atomic E-state index is 0.702. The molecule has 0 bridgehead atoms. The van der Waals surface area contributed by atoms with Crippen LogP contribution in [0.1, 0.15) is 55.7 Å².